The van der Waals surface area contributed by atoms with E-state index < -0.39 is 12.1 Å². The van der Waals surface area contributed by atoms with Crippen molar-refractivity contribution in [2.45, 2.75) is 44.8 Å². The van der Waals surface area contributed by atoms with Crippen molar-refractivity contribution in [2.24, 2.45) is 0 Å². The number of hydrogen-bond acceptors (Lipinski definition) is 7. The summed E-state index contributed by atoms with van der Waals surface area (Å²) in [5, 5.41) is 35.4. The van der Waals surface area contributed by atoms with Gasteiger partial charge in [-0.1, -0.05) is 19.1 Å². The number of carboxylic acid groups (broad SMARTS) is 1. The van der Waals surface area contributed by atoms with Crippen molar-refractivity contribution in [1.29, 1.82) is 0 Å². The smallest absolute Gasteiger partial charge is 0.303 e. The summed E-state index contributed by atoms with van der Waals surface area (Å²) in [6, 6.07) is 10.6. The molecule has 9 heteroatoms. The first-order valence-electron chi connectivity index (χ1n) is 11.0. The van der Waals surface area contributed by atoms with Crippen LogP contribution in [0.25, 0.3) is 0 Å². The lowest BCUT2D eigenvalue weighted by molar-refractivity contribution is -0.137. The van der Waals surface area contributed by atoms with E-state index in [-0.39, 0.29) is 37.3 Å². The molecule has 2 atom stereocenters. The average Bonchev–Trinajstić information content (AvgIpc) is 2.79. The maximum atomic E-state index is 11.5. The first-order chi connectivity index (χ1) is 15.9. The third-order valence-corrected chi connectivity index (χ3v) is 5.38. The SMILES string of the molecule is CCC(Cc1ccc(OCCCC(=O)O)cc1)NCC(O)c1cc(O)cc2c1OCC(=O)N2. The second-order valence-corrected chi connectivity index (χ2v) is 7.97. The van der Waals surface area contributed by atoms with Crippen LogP contribution in [-0.4, -0.2) is 53.0 Å². The lowest BCUT2D eigenvalue weighted by Crippen LogP contribution is -2.34. The Morgan fingerprint density at radius 2 is 2.03 bits per heavy atom. The number of benzene rings is 2. The molecule has 33 heavy (non-hydrogen) atoms. The van der Waals surface area contributed by atoms with E-state index in [0.717, 1.165) is 18.4 Å². The highest BCUT2D eigenvalue weighted by atomic mass is 16.5. The van der Waals surface area contributed by atoms with Gasteiger partial charge in [-0.3, -0.25) is 9.59 Å². The number of rotatable bonds is 12. The van der Waals surface area contributed by atoms with Crippen molar-refractivity contribution in [2.75, 3.05) is 25.1 Å². The quantitative estimate of drug-likeness (QED) is 0.306. The van der Waals surface area contributed by atoms with Gasteiger partial charge in [-0.05, 0) is 43.0 Å². The minimum absolute atomic E-state index is 0.0640. The summed E-state index contributed by atoms with van der Waals surface area (Å²) in [7, 11) is 0. The molecule has 1 amide bonds. The molecule has 2 unspecified atom stereocenters. The molecule has 0 saturated heterocycles. The number of aromatic hydroxyl groups is 1. The Hall–Kier alpha value is -3.30. The maximum Gasteiger partial charge on any atom is 0.303 e. The number of hydrogen-bond donors (Lipinski definition) is 5. The number of fused-ring (bicyclic) bond motifs is 1. The molecular weight excluding hydrogens is 428 g/mol. The lowest BCUT2D eigenvalue weighted by Gasteiger charge is -2.25. The number of anilines is 1. The van der Waals surface area contributed by atoms with E-state index >= 15 is 0 Å². The Kier molecular flexibility index (Phi) is 8.51. The number of aliphatic hydroxyl groups is 1. The molecule has 1 heterocycles. The molecule has 0 radical (unpaired) electrons. The number of aliphatic hydroxyl groups excluding tert-OH is 1. The second-order valence-electron chi connectivity index (χ2n) is 7.97. The van der Waals surface area contributed by atoms with Crippen LogP contribution in [0.1, 0.15) is 43.4 Å². The van der Waals surface area contributed by atoms with Crippen molar-refractivity contribution >= 4 is 17.6 Å². The van der Waals surface area contributed by atoms with Gasteiger partial charge in [-0.25, -0.2) is 0 Å². The zero-order valence-electron chi connectivity index (χ0n) is 18.5. The molecule has 1 aliphatic rings. The number of carboxylic acids is 1. The molecule has 0 fully saturated rings. The van der Waals surface area contributed by atoms with Crippen LogP contribution < -0.4 is 20.1 Å². The maximum absolute atomic E-state index is 11.5. The molecular formula is C24H30N2O7. The lowest BCUT2D eigenvalue weighted by atomic mass is 10.0. The molecule has 0 saturated carbocycles. The molecule has 0 bridgehead atoms. The largest absolute Gasteiger partial charge is 0.508 e. The van der Waals surface area contributed by atoms with E-state index in [0.29, 0.717) is 35.8 Å². The standard InChI is InChI=1S/C24H30N2O7/c1-2-16(10-15-5-7-18(8-6-15)32-9-3-4-23(30)31)25-13-21(28)19-11-17(27)12-20-24(19)33-14-22(29)26-20/h5-8,11-12,16,21,25,27-28H,2-4,9-10,13-14H2,1H3,(H,26,29)(H,30,31). The van der Waals surface area contributed by atoms with Crippen LogP contribution in [0.5, 0.6) is 17.2 Å². The first-order valence-corrected chi connectivity index (χ1v) is 11.0. The number of amides is 1. The van der Waals surface area contributed by atoms with Gasteiger partial charge in [0.2, 0.25) is 0 Å². The van der Waals surface area contributed by atoms with Crippen LogP contribution in [0.2, 0.25) is 0 Å². The highest BCUT2D eigenvalue weighted by Crippen LogP contribution is 2.38. The fourth-order valence-corrected chi connectivity index (χ4v) is 3.63. The van der Waals surface area contributed by atoms with Crippen LogP contribution in [0, 0.1) is 0 Å². The number of phenols is 1. The van der Waals surface area contributed by atoms with Crippen LogP contribution in [0.15, 0.2) is 36.4 Å². The Labute approximate surface area is 192 Å². The normalized spacial score (nSPS) is 14.5. The molecule has 0 aromatic heterocycles. The fourth-order valence-electron chi connectivity index (χ4n) is 3.63. The fraction of sp³-hybridized carbons (Fsp3) is 0.417. The van der Waals surface area contributed by atoms with Gasteiger partial charge in [0.25, 0.3) is 5.91 Å². The zero-order valence-corrected chi connectivity index (χ0v) is 18.5. The van der Waals surface area contributed by atoms with Gasteiger partial charge < -0.3 is 35.4 Å². The van der Waals surface area contributed by atoms with Crippen molar-refractivity contribution in [1.82, 2.24) is 5.32 Å². The number of ether oxygens (including phenoxy) is 2. The molecule has 1 aliphatic heterocycles. The third kappa shape index (κ3) is 7.10. The van der Waals surface area contributed by atoms with Gasteiger partial charge >= 0.3 is 5.97 Å². The number of aliphatic carboxylic acids is 1. The van der Waals surface area contributed by atoms with Gasteiger partial charge in [-0.15, -0.1) is 0 Å². The van der Waals surface area contributed by atoms with E-state index in [2.05, 4.69) is 17.6 Å². The Bertz CT molecular complexity index is 962. The minimum Gasteiger partial charge on any atom is -0.508 e. The average molecular weight is 459 g/mol. The number of phenolic OH excluding ortho intramolecular Hbond substituents is 1. The summed E-state index contributed by atoms with van der Waals surface area (Å²) >= 11 is 0. The zero-order chi connectivity index (χ0) is 23.8. The Morgan fingerprint density at radius 3 is 2.73 bits per heavy atom. The predicted molar refractivity (Wildman–Crippen MR) is 122 cm³/mol. The first kappa shape index (κ1) is 24.3. The van der Waals surface area contributed by atoms with E-state index in [4.69, 9.17) is 14.6 Å². The minimum atomic E-state index is -0.934. The molecule has 2 aromatic rings. The summed E-state index contributed by atoms with van der Waals surface area (Å²) in [5.74, 6) is -0.143. The van der Waals surface area contributed by atoms with Crippen LogP contribution in [0.4, 0.5) is 5.69 Å². The van der Waals surface area contributed by atoms with Gasteiger partial charge in [0.15, 0.2) is 6.61 Å². The van der Waals surface area contributed by atoms with Gasteiger partial charge in [-0.2, -0.15) is 0 Å². The molecule has 3 rings (SSSR count). The van der Waals surface area contributed by atoms with E-state index in [1.807, 2.05) is 24.3 Å². The van der Waals surface area contributed by atoms with Gasteiger partial charge in [0, 0.05) is 30.6 Å². The number of carbonyl (C=O) groups is 2. The third-order valence-electron chi connectivity index (χ3n) is 5.38. The highest BCUT2D eigenvalue weighted by Gasteiger charge is 2.24. The Balaban J connectivity index is 1.53. The molecule has 178 valence electrons. The summed E-state index contributed by atoms with van der Waals surface area (Å²) < 4.78 is 11.0. The van der Waals surface area contributed by atoms with Crippen LogP contribution in [0.3, 0.4) is 0 Å². The monoisotopic (exact) mass is 458 g/mol. The van der Waals surface area contributed by atoms with Crippen molar-refractivity contribution in [3.63, 3.8) is 0 Å². The van der Waals surface area contributed by atoms with Crippen molar-refractivity contribution < 1.29 is 34.4 Å². The molecule has 0 aliphatic carbocycles. The Morgan fingerprint density at radius 1 is 1.27 bits per heavy atom. The molecule has 2 aromatic carbocycles. The highest BCUT2D eigenvalue weighted by molar-refractivity contribution is 5.96. The molecule has 5 N–H and O–H groups in total. The number of nitrogens with one attached hydrogen (secondary N) is 2. The van der Waals surface area contributed by atoms with Crippen molar-refractivity contribution in [3.8, 4) is 17.2 Å². The van der Waals surface area contributed by atoms with Gasteiger partial charge in [0.1, 0.15) is 17.2 Å². The van der Waals surface area contributed by atoms with E-state index in [9.17, 15) is 19.8 Å². The summed E-state index contributed by atoms with van der Waals surface area (Å²) in [6.45, 7) is 2.52. The van der Waals surface area contributed by atoms with Crippen molar-refractivity contribution in [3.05, 3.63) is 47.5 Å². The van der Waals surface area contributed by atoms with Gasteiger partial charge in [0.05, 0.1) is 18.4 Å². The summed E-state index contributed by atoms with van der Waals surface area (Å²) in [4.78, 5) is 22.1. The van der Waals surface area contributed by atoms with E-state index in [1.165, 1.54) is 12.1 Å². The second kappa shape index (κ2) is 11.5. The number of carbonyl (C=O) groups excluding carboxylic acids is 1. The molecule has 0 spiro atoms. The van der Waals surface area contributed by atoms with E-state index in [1.54, 1.807) is 0 Å². The summed E-state index contributed by atoms with van der Waals surface area (Å²) in [6.07, 6.45) is 1.19. The molecule has 9 nitrogen and oxygen atoms in total. The predicted octanol–water partition coefficient (Wildman–Crippen LogP) is 2.61. The topological polar surface area (TPSA) is 137 Å². The summed E-state index contributed by atoms with van der Waals surface area (Å²) in [5.41, 5.74) is 1.86. The van der Waals surface area contributed by atoms with Crippen LogP contribution in [-0.2, 0) is 16.0 Å². The van der Waals surface area contributed by atoms with Crippen LogP contribution >= 0.6 is 0 Å².